The molecule has 2 rings (SSSR count). The minimum absolute atomic E-state index is 0.121. The molecule has 1 aromatic heterocycles. The highest BCUT2D eigenvalue weighted by molar-refractivity contribution is 5.43. The van der Waals surface area contributed by atoms with E-state index in [2.05, 4.69) is 32.5 Å². The molecule has 0 amide bonds. The summed E-state index contributed by atoms with van der Waals surface area (Å²) in [4.78, 5) is 15.0. The van der Waals surface area contributed by atoms with Gasteiger partial charge in [0.1, 0.15) is 0 Å². The highest BCUT2D eigenvalue weighted by Gasteiger charge is 2.29. The summed E-state index contributed by atoms with van der Waals surface area (Å²) in [7, 11) is 5.67. The predicted molar refractivity (Wildman–Crippen MR) is 74.2 cm³/mol. The molecule has 1 heterocycles. The molecule has 6 heteroatoms. The van der Waals surface area contributed by atoms with E-state index >= 15 is 0 Å². The summed E-state index contributed by atoms with van der Waals surface area (Å²) in [6, 6.07) is 0. The molecule has 0 atom stereocenters. The smallest absolute Gasteiger partial charge is 0.231 e. The maximum absolute atomic E-state index is 4.44. The van der Waals surface area contributed by atoms with E-state index in [9.17, 15) is 0 Å². The van der Waals surface area contributed by atoms with Crippen LogP contribution in [0.5, 0.6) is 0 Å². The van der Waals surface area contributed by atoms with Gasteiger partial charge in [0, 0.05) is 26.7 Å². The molecule has 0 unspecified atom stereocenters. The van der Waals surface area contributed by atoms with Gasteiger partial charge in [0.25, 0.3) is 0 Å². The van der Waals surface area contributed by atoms with E-state index in [4.69, 9.17) is 0 Å². The number of rotatable bonds is 4. The Hall–Kier alpha value is -1.59. The van der Waals surface area contributed by atoms with Crippen LogP contribution in [-0.2, 0) is 0 Å². The second kappa shape index (κ2) is 4.96. The van der Waals surface area contributed by atoms with Crippen molar-refractivity contribution in [3.05, 3.63) is 0 Å². The molecular formula is C12H22N6. The van der Waals surface area contributed by atoms with Crippen LogP contribution < -0.4 is 15.5 Å². The SMILES string of the molecule is CNc1nc(NC2(C)CCCC2)nc(N(C)C)n1. The quantitative estimate of drug-likeness (QED) is 0.848. The van der Waals surface area contributed by atoms with Gasteiger partial charge in [-0.2, -0.15) is 15.0 Å². The summed E-state index contributed by atoms with van der Waals surface area (Å²) in [5, 5.41) is 6.43. The third-order valence-electron chi connectivity index (χ3n) is 3.37. The van der Waals surface area contributed by atoms with Crippen LogP contribution in [0.2, 0.25) is 0 Å². The molecule has 1 aromatic rings. The number of nitrogens with one attached hydrogen (secondary N) is 2. The predicted octanol–water partition coefficient (Wildman–Crippen LogP) is 1.72. The molecule has 0 saturated heterocycles. The first-order valence-corrected chi connectivity index (χ1v) is 6.42. The number of hydrogen-bond donors (Lipinski definition) is 2. The Kier molecular flexibility index (Phi) is 3.54. The van der Waals surface area contributed by atoms with Crippen molar-refractivity contribution in [3.8, 4) is 0 Å². The highest BCUT2D eigenvalue weighted by Crippen LogP contribution is 2.31. The first kappa shape index (κ1) is 12.9. The van der Waals surface area contributed by atoms with Crippen LogP contribution in [0.25, 0.3) is 0 Å². The van der Waals surface area contributed by atoms with E-state index in [1.165, 1.54) is 25.7 Å². The van der Waals surface area contributed by atoms with Crippen LogP contribution in [-0.4, -0.2) is 41.6 Å². The number of aromatic nitrogens is 3. The molecule has 1 aliphatic carbocycles. The third kappa shape index (κ3) is 2.80. The standard InChI is InChI=1S/C12H22N6/c1-12(7-5-6-8-12)17-10-14-9(13-2)15-11(16-10)18(3)4/h5-8H2,1-4H3,(H2,13,14,15,16,17). The van der Waals surface area contributed by atoms with E-state index in [1.807, 2.05) is 26.0 Å². The van der Waals surface area contributed by atoms with E-state index in [0.29, 0.717) is 17.8 Å². The zero-order valence-electron chi connectivity index (χ0n) is 11.6. The number of hydrogen-bond acceptors (Lipinski definition) is 6. The lowest BCUT2D eigenvalue weighted by Crippen LogP contribution is -2.32. The highest BCUT2D eigenvalue weighted by atomic mass is 15.3. The van der Waals surface area contributed by atoms with Gasteiger partial charge in [-0.05, 0) is 19.8 Å². The maximum atomic E-state index is 4.44. The maximum Gasteiger partial charge on any atom is 0.231 e. The van der Waals surface area contributed by atoms with Crippen LogP contribution in [0, 0.1) is 0 Å². The van der Waals surface area contributed by atoms with Crippen molar-refractivity contribution in [1.82, 2.24) is 15.0 Å². The molecule has 100 valence electrons. The van der Waals surface area contributed by atoms with Crippen LogP contribution >= 0.6 is 0 Å². The fourth-order valence-electron chi connectivity index (χ4n) is 2.28. The zero-order valence-corrected chi connectivity index (χ0v) is 11.6. The molecule has 0 bridgehead atoms. The van der Waals surface area contributed by atoms with Gasteiger partial charge < -0.3 is 15.5 Å². The summed E-state index contributed by atoms with van der Waals surface area (Å²) in [5.41, 5.74) is 0.121. The molecule has 6 nitrogen and oxygen atoms in total. The minimum atomic E-state index is 0.121. The summed E-state index contributed by atoms with van der Waals surface area (Å²) >= 11 is 0. The molecule has 2 N–H and O–H groups in total. The first-order valence-electron chi connectivity index (χ1n) is 6.42. The molecule has 1 fully saturated rings. The number of nitrogens with zero attached hydrogens (tertiary/aromatic N) is 4. The van der Waals surface area contributed by atoms with Gasteiger partial charge in [0.05, 0.1) is 0 Å². The monoisotopic (exact) mass is 250 g/mol. The Bertz CT molecular complexity index is 411. The van der Waals surface area contributed by atoms with Crippen LogP contribution in [0.1, 0.15) is 32.6 Å². The number of anilines is 3. The molecule has 0 spiro atoms. The molecular weight excluding hydrogens is 228 g/mol. The largest absolute Gasteiger partial charge is 0.357 e. The third-order valence-corrected chi connectivity index (χ3v) is 3.37. The van der Waals surface area contributed by atoms with Gasteiger partial charge in [-0.15, -0.1) is 0 Å². The van der Waals surface area contributed by atoms with Crippen molar-refractivity contribution in [3.63, 3.8) is 0 Å². The summed E-state index contributed by atoms with van der Waals surface area (Å²) < 4.78 is 0. The van der Waals surface area contributed by atoms with Crippen LogP contribution in [0.15, 0.2) is 0 Å². The molecule has 1 aliphatic rings. The lowest BCUT2D eigenvalue weighted by atomic mass is 10.0. The average Bonchev–Trinajstić information content (AvgIpc) is 2.75. The summed E-state index contributed by atoms with van der Waals surface area (Å²) in [5.74, 6) is 1.92. The van der Waals surface area contributed by atoms with Gasteiger partial charge in [0.2, 0.25) is 17.8 Å². The van der Waals surface area contributed by atoms with Crippen LogP contribution in [0.3, 0.4) is 0 Å². The van der Waals surface area contributed by atoms with Crippen molar-refractivity contribution >= 4 is 17.8 Å². The fraction of sp³-hybridized carbons (Fsp3) is 0.750. The van der Waals surface area contributed by atoms with Crippen LogP contribution in [0.4, 0.5) is 17.8 Å². The fourth-order valence-corrected chi connectivity index (χ4v) is 2.28. The molecule has 1 saturated carbocycles. The first-order chi connectivity index (χ1) is 8.52. The van der Waals surface area contributed by atoms with E-state index in [1.54, 1.807) is 0 Å². The minimum Gasteiger partial charge on any atom is -0.357 e. The summed E-state index contributed by atoms with van der Waals surface area (Å²) in [6.45, 7) is 2.23. The van der Waals surface area contributed by atoms with Gasteiger partial charge in [0.15, 0.2) is 0 Å². The lowest BCUT2D eigenvalue weighted by Gasteiger charge is -2.25. The van der Waals surface area contributed by atoms with Gasteiger partial charge in [-0.1, -0.05) is 12.8 Å². The average molecular weight is 250 g/mol. The molecule has 0 aromatic carbocycles. The Morgan fingerprint density at radius 3 is 2.22 bits per heavy atom. The molecule has 0 aliphatic heterocycles. The van der Waals surface area contributed by atoms with Crippen molar-refractivity contribution in [2.24, 2.45) is 0 Å². The normalized spacial score (nSPS) is 17.6. The molecule has 18 heavy (non-hydrogen) atoms. The molecule has 0 radical (unpaired) electrons. The van der Waals surface area contributed by atoms with Crippen molar-refractivity contribution < 1.29 is 0 Å². The second-order valence-corrected chi connectivity index (χ2v) is 5.32. The van der Waals surface area contributed by atoms with Crippen molar-refractivity contribution in [2.45, 2.75) is 38.1 Å². The Balaban J connectivity index is 2.23. The second-order valence-electron chi connectivity index (χ2n) is 5.32. The van der Waals surface area contributed by atoms with E-state index in [0.717, 1.165) is 0 Å². The van der Waals surface area contributed by atoms with E-state index < -0.39 is 0 Å². The van der Waals surface area contributed by atoms with Crippen molar-refractivity contribution in [1.29, 1.82) is 0 Å². The van der Waals surface area contributed by atoms with Gasteiger partial charge in [-0.25, -0.2) is 0 Å². The van der Waals surface area contributed by atoms with Gasteiger partial charge >= 0.3 is 0 Å². The summed E-state index contributed by atoms with van der Waals surface area (Å²) in [6.07, 6.45) is 4.89. The van der Waals surface area contributed by atoms with Crippen molar-refractivity contribution in [2.75, 3.05) is 36.7 Å². The van der Waals surface area contributed by atoms with E-state index in [-0.39, 0.29) is 5.54 Å². The Morgan fingerprint density at radius 2 is 1.67 bits per heavy atom. The Morgan fingerprint density at radius 1 is 1.06 bits per heavy atom. The van der Waals surface area contributed by atoms with Gasteiger partial charge in [-0.3, -0.25) is 0 Å². The lowest BCUT2D eigenvalue weighted by molar-refractivity contribution is 0.528. The zero-order chi connectivity index (χ0) is 13.2. The Labute approximate surface area is 108 Å². The topological polar surface area (TPSA) is 66.0 Å².